The maximum absolute atomic E-state index is 12.5. The lowest BCUT2D eigenvalue weighted by molar-refractivity contribution is -0.155. The van der Waals surface area contributed by atoms with E-state index >= 15 is 0 Å². The summed E-state index contributed by atoms with van der Waals surface area (Å²) in [6.07, 6.45) is 8.81. The molecule has 4 aliphatic carbocycles. The smallest absolute Gasteiger partial charge is 0.139 e. The van der Waals surface area contributed by atoms with Crippen LogP contribution in [0.2, 0.25) is 0 Å². The minimum Gasteiger partial charge on any atom is -0.393 e. The lowest BCUT2D eigenvalue weighted by atomic mass is 9.43. The second kappa shape index (κ2) is 4.82. The third-order valence-corrected chi connectivity index (χ3v) is 8.59. The molecule has 0 bridgehead atoms. The molecular weight excluding hydrogens is 272 g/mol. The SMILES string of the molecule is C[C@H]1C[C@]2(C)C(=O)CC[C@@H]2[C@H]2CC[C@H]3C[C@@H](O)CC[C@]3(C)[C@@H]21. The maximum Gasteiger partial charge on any atom is 0.139 e. The minimum atomic E-state index is -0.0631. The van der Waals surface area contributed by atoms with E-state index in [-0.39, 0.29) is 11.5 Å². The third-order valence-electron chi connectivity index (χ3n) is 8.59. The van der Waals surface area contributed by atoms with Gasteiger partial charge in [0.15, 0.2) is 0 Å². The highest BCUT2D eigenvalue weighted by Crippen LogP contribution is 2.66. The van der Waals surface area contributed by atoms with Gasteiger partial charge in [0.25, 0.3) is 0 Å². The number of rotatable bonds is 0. The number of aliphatic hydroxyl groups is 1. The van der Waals surface area contributed by atoms with Gasteiger partial charge in [-0.3, -0.25) is 4.79 Å². The summed E-state index contributed by atoms with van der Waals surface area (Å²) in [5.74, 6) is 4.11. The van der Waals surface area contributed by atoms with Crippen LogP contribution in [0.25, 0.3) is 0 Å². The predicted molar refractivity (Wildman–Crippen MR) is 87.3 cm³/mol. The van der Waals surface area contributed by atoms with Crippen molar-refractivity contribution in [1.82, 2.24) is 0 Å². The molecule has 1 N–H and O–H groups in total. The lowest BCUT2D eigenvalue weighted by Crippen LogP contribution is -2.56. The average Bonchev–Trinajstić information content (AvgIpc) is 2.75. The summed E-state index contributed by atoms with van der Waals surface area (Å²) < 4.78 is 0. The van der Waals surface area contributed by atoms with Gasteiger partial charge in [-0.15, -0.1) is 0 Å². The molecule has 0 heterocycles. The maximum atomic E-state index is 12.5. The Morgan fingerprint density at radius 1 is 1.14 bits per heavy atom. The molecule has 8 atom stereocenters. The molecule has 0 spiro atoms. The normalized spacial score (nSPS) is 57.9. The zero-order valence-corrected chi connectivity index (χ0v) is 14.5. The summed E-state index contributed by atoms with van der Waals surface area (Å²) in [6, 6.07) is 0. The van der Waals surface area contributed by atoms with E-state index in [0.717, 1.165) is 43.9 Å². The van der Waals surface area contributed by atoms with Crippen LogP contribution >= 0.6 is 0 Å². The number of fused-ring (bicyclic) bond motifs is 5. The molecule has 2 nitrogen and oxygen atoms in total. The highest BCUT2D eigenvalue weighted by molar-refractivity contribution is 5.87. The molecule has 0 unspecified atom stereocenters. The van der Waals surface area contributed by atoms with Gasteiger partial charge in [0, 0.05) is 11.8 Å². The van der Waals surface area contributed by atoms with Crippen molar-refractivity contribution in [2.75, 3.05) is 0 Å². The van der Waals surface area contributed by atoms with Crippen LogP contribution in [0.15, 0.2) is 0 Å². The van der Waals surface area contributed by atoms with Crippen molar-refractivity contribution < 1.29 is 9.90 Å². The Morgan fingerprint density at radius 3 is 2.68 bits per heavy atom. The molecule has 0 aliphatic heterocycles. The number of carbonyl (C=O) groups excluding carboxylic acids is 1. The van der Waals surface area contributed by atoms with E-state index in [1.54, 1.807) is 0 Å². The van der Waals surface area contributed by atoms with Crippen LogP contribution in [0.1, 0.15) is 72.1 Å². The molecule has 4 saturated carbocycles. The lowest BCUT2D eigenvalue weighted by Gasteiger charge is -2.62. The van der Waals surface area contributed by atoms with Gasteiger partial charge >= 0.3 is 0 Å². The van der Waals surface area contributed by atoms with E-state index in [1.807, 2.05) is 0 Å². The van der Waals surface area contributed by atoms with Gasteiger partial charge in [-0.25, -0.2) is 0 Å². The highest BCUT2D eigenvalue weighted by atomic mass is 16.3. The van der Waals surface area contributed by atoms with E-state index in [4.69, 9.17) is 0 Å². The van der Waals surface area contributed by atoms with Gasteiger partial charge in [-0.05, 0) is 80.0 Å². The van der Waals surface area contributed by atoms with Gasteiger partial charge in [0.1, 0.15) is 5.78 Å². The van der Waals surface area contributed by atoms with Crippen molar-refractivity contribution in [2.45, 2.75) is 78.2 Å². The standard InChI is InChI=1S/C20H32O2/c1-12-11-20(3)16(6-7-17(20)22)15-5-4-13-10-14(21)8-9-19(13,2)18(12)15/h12-16,18,21H,4-11H2,1-3H3/t12-,13-,14-,15+,16+,18+,19-,20-/m0/s1. The van der Waals surface area contributed by atoms with Crippen molar-refractivity contribution >= 4 is 5.78 Å². The summed E-state index contributed by atoms with van der Waals surface area (Å²) in [5.41, 5.74) is 0.395. The van der Waals surface area contributed by atoms with E-state index < -0.39 is 0 Å². The van der Waals surface area contributed by atoms with Crippen molar-refractivity contribution in [3.63, 3.8) is 0 Å². The number of carbonyl (C=O) groups is 1. The Hall–Kier alpha value is -0.370. The molecule has 0 aromatic carbocycles. The van der Waals surface area contributed by atoms with Crippen LogP contribution in [0.3, 0.4) is 0 Å². The third kappa shape index (κ3) is 1.85. The van der Waals surface area contributed by atoms with Crippen molar-refractivity contribution in [2.24, 2.45) is 40.4 Å². The van der Waals surface area contributed by atoms with Gasteiger partial charge in [-0.2, -0.15) is 0 Å². The Balaban J connectivity index is 1.69. The first-order chi connectivity index (χ1) is 10.4. The van der Waals surface area contributed by atoms with Gasteiger partial charge in [0.2, 0.25) is 0 Å². The largest absolute Gasteiger partial charge is 0.393 e. The number of hydrogen-bond donors (Lipinski definition) is 1. The molecular formula is C20H32O2. The second-order valence-corrected chi connectivity index (χ2v) is 9.57. The molecule has 0 aromatic rings. The Labute approximate surface area is 135 Å². The first-order valence-corrected chi connectivity index (χ1v) is 9.57. The molecule has 0 saturated heterocycles. The van der Waals surface area contributed by atoms with Crippen LogP contribution in [0, 0.1) is 40.4 Å². The van der Waals surface area contributed by atoms with Crippen LogP contribution < -0.4 is 0 Å². The molecule has 124 valence electrons. The van der Waals surface area contributed by atoms with Gasteiger partial charge < -0.3 is 5.11 Å². The topological polar surface area (TPSA) is 37.3 Å². The average molecular weight is 304 g/mol. The first-order valence-electron chi connectivity index (χ1n) is 9.57. The van der Waals surface area contributed by atoms with Crippen LogP contribution in [-0.4, -0.2) is 17.0 Å². The molecule has 0 amide bonds. The Kier molecular flexibility index (Phi) is 3.32. The van der Waals surface area contributed by atoms with E-state index in [9.17, 15) is 9.90 Å². The zero-order valence-electron chi connectivity index (χ0n) is 14.5. The quantitative estimate of drug-likeness (QED) is 0.728. The molecule has 2 heteroatoms. The van der Waals surface area contributed by atoms with E-state index in [1.165, 1.54) is 19.3 Å². The molecule has 0 radical (unpaired) electrons. The van der Waals surface area contributed by atoms with Crippen LogP contribution in [0.5, 0.6) is 0 Å². The Morgan fingerprint density at radius 2 is 1.91 bits per heavy atom. The van der Waals surface area contributed by atoms with Crippen LogP contribution in [0.4, 0.5) is 0 Å². The molecule has 0 aromatic heterocycles. The fourth-order valence-corrected chi connectivity index (χ4v) is 7.71. The minimum absolute atomic E-state index is 0.0159. The summed E-state index contributed by atoms with van der Waals surface area (Å²) in [5, 5.41) is 10.1. The zero-order chi connectivity index (χ0) is 15.7. The Bertz CT molecular complexity index is 486. The highest BCUT2D eigenvalue weighted by Gasteiger charge is 2.62. The monoisotopic (exact) mass is 304 g/mol. The number of ketones is 1. The number of aliphatic hydroxyl groups excluding tert-OH is 1. The molecule has 22 heavy (non-hydrogen) atoms. The summed E-state index contributed by atoms with van der Waals surface area (Å²) >= 11 is 0. The fourth-order valence-electron chi connectivity index (χ4n) is 7.71. The van der Waals surface area contributed by atoms with Crippen molar-refractivity contribution in [1.29, 1.82) is 0 Å². The van der Waals surface area contributed by atoms with Gasteiger partial charge in [-0.1, -0.05) is 20.8 Å². The fraction of sp³-hybridized carbons (Fsp3) is 0.950. The number of hydrogen-bond acceptors (Lipinski definition) is 2. The predicted octanol–water partition coefficient (Wildman–Crippen LogP) is 4.21. The summed E-state index contributed by atoms with van der Waals surface area (Å²) in [6.45, 7) is 7.22. The number of Topliss-reactive ketones (excluding diaryl/α,β-unsaturated/α-hetero) is 1. The summed E-state index contributed by atoms with van der Waals surface area (Å²) in [7, 11) is 0. The second-order valence-electron chi connectivity index (χ2n) is 9.57. The van der Waals surface area contributed by atoms with E-state index in [0.29, 0.717) is 29.0 Å². The molecule has 4 rings (SSSR count). The summed E-state index contributed by atoms with van der Waals surface area (Å²) in [4.78, 5) is 12.5. The van der Waals surface area contributed by atoms with Crippen molar-refractivity contribution in [3.8, 4) is 0 Å². The van der Waals surface area contributed by atoms with E-state index in [2.05, 4.69) is 20.8 Å². The molecule has 4 aliphatic rings. The van der Waals surface area contributed by atoms with Crippen LogP contribution in [-0.2, 0) is 4.79 Å². The van der Waals surface area contributed by atoms with Gasteiger partial charge in [0.05, 0.1) is 6.10 Å². The molecule has 4 fully saturated rings. The van der Waals surface area contributed by atoms with Crippen molar-refractivity contribution in [3.05, 3.63) is 0 Å². The first kappa shape index (κ1) is 15.2.